The Bertz CT molecular complexity index is 573. The predicted molar refractivity (Wildman–Crippen MR) is 85.9 cm³/mol. The van der Waals surface area contributed by atoms with Gasteiger partial charge in [0.2, 0.25) is 5.91 Å². The van der Waals surface area contributed by atoms with Crippen molar-refractivity contribution in [2.75, 3.05) is 19.6 Å². The van der Waals surface area contributed by atoms with Crippen LogP contribution in [0, 0.1) is 5.92 Å². The minimum atomic E-state index is 0.0858. The van der Waals surface area contributed by atoms with Gasteiger partial charge in [-0.2, -0.15) is 0 Å². The number of nitrogens with zero attached hydrogens (tertiary/aromatic N) is 2. The molecule has 1 aromatic carbocycles. The summed E-state index contributed by atoms with van der Waals surface area (Å²) in [6, 6.07) is 7.36. The van der Waals surface area contributed by atoms with Crippen LogP contribution in [0.15, 0.2) is 24.3 Å². The molecular weight excluding hydrogens is 300 g/mol. The molecule has 4 nitrogen and oxygen atoms in total. The molecule has 0 aliphatic carbocycles. The molecule has 2 heterocycles. The minimum absolute atomic E-state index is 0.0858. The maximum absolute atomic E-state index is 12.8. The molecule has 2 atom stereocenters. The first kappa shape index (κ1) is 15.3. The molecule has 2 aliphatic heterocycles. The zero-order chi connectivity index (χ0) is 15.7. The smallest absolute Gasteiger partial charge is 0.254 e. The highest BCUT2D eigenvalue weighted by molar-refractivity contribution is 6.30. The van der Waals surface area contributed by atoms with Gasteiger partial charge in [0.05, 0.1) is 0 Å². The molecule has 2 amide bonds. The van der Waals surface area contributed by atoms with Crippen molar-refractivity contribution in [3.63, 3.8) is 0 Å². The summed E-state index contributed by atoms with van der Waals surface area (Å²) >= 11 is 5.90. The number of amides is 2. The summed E-state index contributed by atoms with van der Waals surface area (Å²) < 4.78 is 0. The molecule has 0 saturated carbocycles. The van der Waals surface area contributed by atoms with E-state index in [4.69, 9.17) is 11.6 Å². The van der Waals surface area contributed by atoms with Gasteiger partial charge >= 0.3 is 0 Å². The Hall–Kier alpha value is -1.55. The van der Waals surface area contributed by atoms with Gasteiger partial charge in [-0.1, -0.05) is 11.6 Å². The molecule has 2 fully saturated rings. The summed E-state index contributed by atoms with van der Waals surface area (Å²) in [6.45, 7) is 3.97. The standard InChI is InChI=1S/C17H21ClN2O2/c1-12(21)19-10-8-16-14(11-19)3-2-9-20(16)17(22)13-4-6-15(18)7-5-13/h4-7,14,16H,2-3,8-11H2,1H3/t14-,16+/m1/s1. The molecule has 2 aliphatic rings. The molecule has 0 N–H and O–H groups in total. The van der Waals surface area contributed by atoms with Crippen LogP contribution in [-0.4, -0.2) is 47.3 Å². The van der Waals surface area contributed by atoms with Crippen LogP contribution in [0.5, 0.6) is 0 Å². The number of rotatable bonds is 1. The van der Waals surface area contributed by atoms with Crippen LogP contribution in [0.2, 0.25) is 5.02 Å². The van der Waals surface area contributed by atoms with Crippen molar-refractivity contribution in [2.45, 2.75) is 32.2 Å². The lowest BCUT2D eigenvalue weighted by Gasteiger charge is -2.47. The Morgan fingerprint density at radius 1 is 1.14 bits per heavy atom. The summed E-state index contributed by atoms with van der Waals surface area (Å²) in [4.78, 5) is 28.3. The molecule has 0 bridgehead atoms. The zero-order valence-electron chi connectivity index (χ0n) is 12.8. The quantitative estimate of drug-likeness (QED) is 0.798. The fourth-order valence-corrected chi connectivity index (χ4v) is 3.83. The van der Waals surface area contributed by atoms with Gasteiger partial charge in [-0.15, -0.1) is 0 Å². The summed E-state index contributed by atoms with van der Waals surface area (Å²) in [7, 11) is 0. The van der Waals surface area contributed by atoms with Gasteiger partial charge in [0.1, 0.15) is 0 Å². The summed E-state index contributed by atoms with van der Waals surface area (Å²) in [5, 5.41) is 0.642. The molecular formula is C17H21ClN2O2. The van der Waals surface area contributed by atoms with Crippen LogP contribution in [0.1, 0.15) is 36.5 Å². The van der Waals surface area contributed by atoms with E-state index in [9.17, 15) is 9.59 Å². The molecule has 0 unspecified atom stereocenters. The maximum Gasteiger partial charge on any atom is 0.254 e. The highest BCUT2D eigenvalue weighted by Crippen LogP contribution is 2.31. The van der Waals surface area contributed by atoms with Gasteiger partial charge in [0.15, 0.2) is 0 Å². The third-order valence-electron chi connectivity index (χ3n) is 4.87. The van der Waals surface area contributed by atoms with Crippen LogP contribution < -0.4 is 0 Å². The van der Waals surface area contributed by atoms with Crippen molar-refractivity contribution in [3.8, 4) is 0 Å². The van der Waals surface area contributed by atoms with Crippen LogP contribution in [0.3, 0.4) is 0 Å². The van der Waals surface area contributed by atoms with Gasteiger partial charge in [-0.05, 0) is 49.4 Å². The van der Waals surface area contributed by atoms with E-state index in [1.165, 1.54) is 0 Å². The van der Waals surface area contributed by atoms with Gasteiger partial charge in [0.25, 0.3) is 5.91 Å². The molecule has 1 aromatic rings. The van der Waals surface area contributed by atoms with Gasteiger partial charge in [-0.25, -0.2) is 0 Å². The lowest BCUT2D eigenvalue weighted by molar-refractivity contribution is -0.132. The van der Waals surface area contributed by atoms with E-state index in [0.29, 0.717) is 16.5 Å². The number of benzene rings is 1. The lowest BCUT2D eigenvalue weighted by Crippen LogP contribution is -2.56. The molecule has 0 aromatic heterocycles. The molecule has 0 spiro atoms. The van der Waals surface area contributed by atoms with Crippen LogP contribution in [0.25, 0.3) is 0 Å². The van der Waals surface area contributed by atoms with Crippen molar-refractivity contribution in [1.82, 2.24) is 9.80 Å². The first-order valence-electron chi connectivity index (χ1n) is 7.88. The number of carbonyl (C=O) groups is 2. The Balaban J connectivity index is 1.75. The first-order valence-corrected chi connectivity index (χ1v) is 8.26. The van der Waals surface area contributed by atoms with E-state index in [1.54, 1.807) is 31.2 Å². The molecule has 22 heavy (non-hydrogen) atoms. The Morgan fingerprint density at radius 3 is 2.55 bits per heavy atom. The number of hydrogen-bond donors (Lipinski definition) is 0. The number of likely N-dealkylation sites (tertiary alicyclic amines) is 2. The largest absolute Gasteiger partial charge is 0.343 e. The minimum Gasteiger partial charge on any atom is -0.343 e. The number of halogens is 1. The van der Waals surface area contributed by atoms with Gasteiger partial charge in [-0.3, -0.25) is 9.59 Å². The fourth-order valence-electron chi connectivity index (χ4n) is 3.70. The van der Waals surface area contributed by atoms with Crippen LogP contribution >= 0.6 is 11.6 Å². The summed E-state index contributed by atoms with van der Waals surface area (Å²) in [6.07, 6.45) is 2.98. The van der Waals surface area contributed by atoms with E-state index >= 15 is 0 Å². The van der Waals surface area contributed by atoms with Crippen LogP contribution in [0.4, 0.5) is 0 Å². The highest BCUT2D eigenvalue weighted by Gasteiger charge is 2.38. The molecule has 2 saturated heterocycles. The Kier molecular flexibility index (Phi) is 4.39. The number of hydrogen-bond acceptors (Lipinski definition) is 2. The molecule has 118 valence electrons. The monoisotopic (exact) mass is 320 g/mol. The van der Waals surface area contributed by atoms with Gasteiger partial charge in [0, 0.05) is 43.2 Å². The van der Waals surface area contributed by atoms with Crippen molar-refractivity contribution in [2.24, 2.45) is 5.92 Å². The summed E-state index contributed by atoms with van der Waals surface area (Å²) in [5.74, 6) is 0.630. The number of piperidine rings is 2. The fraction of sp³-hybridized carbons (Fsp3) is 0.529. The second kappa shape index (κ2) is 6.29. The Labute approximate surface area is 136 Å². The van der Waals surface area contributed by atoms with E-state index in [2.05, 4.69) is 0 Å². The third-order valence-corrected chi connectivity index (χ3v) is 5.12. The number of carbonyl (C=O) groups excluding carboxylic acids is 2. The highest BCUT2D eigenvalue weighted by atomic mass is 35.5. The van der Waals surface area contributed by atoms with Gasteiger partial charge < -0.3 is 9.80 Å². The SMILES string of the molecule is CC(=O)N1CC[C@H]2[C@H](CCCN2C(=O)c2ccc(Cl)cc2)C1. The van der Waals surface area contributed by atoms with E-state index < -0.39 is 0 Å². The predicted octanol–water partition coefficient (Wildman–Crippen LogP) is 2.81. The zero-order valence-corrected chi connectivity index (χ0v) is 13.6. The molecule has 0 radical (unpaired) electrons. The summed E-state index contributed by atoms with van der Waals surface area (Å²) in [5.41, 5.74) is 0.694. The maximum atomic E-state index is 12.8. The average molecular weight is 321 g/mol. The lowest BCUT2D eigenvalue weighted by atomic mass is 9.83. The molecule has 3 rings (SSSR count). The average Bonchev–Trinajstić information content (AvgIpc) is 2.53. The Morgan fingerprint density at radius 2 is 1.86 bits per heavy atom. The second-order valence-corrected chi connectivity index (χ2v) is 6.67. The molecule has 5 heteroatoms. The van der Waals surface area contributed by atoms with Crippen LogP contribution in [-0.2, 0) is 4.79 Å². The van der Waals surface area contributed by atoms with E-state index in [-0.39, 0.29) is 17.9 Å². The van der Waals surface area contributed by atoms with E-state index in [1.807, 2.05) is 9.80 Å². The topological polar surface area (TPSA) is 40.6 Å². The normalized spacial score (nSPS) is 24.8. The number of fused-ring (bicyclic) bond motifs is 1. The third kappa shape index (κ3) is 2.98. The first-order chi connectivity index (χ1) is 10.6. The van der Waals surface area contributed by atoms with Crippen molar-refractivity contribution >= 4 is 23.4 Å². The van der Waals surface area contributed by atoms with Crippen molar-refractivity contribution in [3.05, 3.63) is 34.9 Å². The van der Waals surface area contributed by atoms with Crippen molar-refractivity contribution < 1.29 is 9.59 Å². The van der Waals surface area contributed by atoms with Crippen molar-refractivity contribution in [1.29, 1.82) is 0 Å². The van der Waals surface area contributed by atoms with E-state index in [0.717, 1.165) is 38.9 Å². The second-order valence-electron chi connectivity index (χ2n) is 6.23.